The molecular formula is C19H28N4O2S. The minimum absolute atomic E-state index is 0.301. The summed E-state index contributed by atoms with van der Waals surface area (Å²) >= 11 is 1.77. The average molecular weight is 377 g/mol. The lowest BCUT2D eigenvalue weighted by atomic mass is 10.2. The molecule has 1 atom stereocenters. The molecule has 0 aliphatic carbocycles. The van der Waals surface area contributed by atoms with Gasteiger partial charge in [-0.3, -0.25) is 4.99 Å². The minimum atomic E-state index is 0.301. The number of nitrogens with zero attached hydrogens (tertiary/aromatic N) is 2. The van der Waals surface area contributed by atoms with E-state index in [1.165, 1.54) is 4.88 Å². The summed E-state index contributed by atoms with van der Waals surface area (Å²) < 4.78 is 10.6. The van der Waals surface area contributed by atoms with E-state index in [0.29, 0.717) is 12.6 Å². The standard InChI is InChI=1S/C19H28N4O2S/c1-20-19(22-13-15(23(2)3)18-7-6-10-26-18)21-12-14-8-9-16(24-4)17(11-14)25-5/h6-11,15H,12-13H2,1-5H3,(H2,20,21,22). The van der Waals surface area contributed by atoms with Crippen molar-refractivity contribution in [3.63, 3.8) is 0 Å². The van der Waals surface area contributed by atoms with E-state index >= 15 is 0 Å². The van der Waals surface area contributed by atoms with Crippen LogP contribution in [0.2, 0.25) is 0 Å². The van der Waals surface area contributed by atoms with Gasteiger partial charge in [0.1, 0.15) is 0 Å². The highest BCUT2D eigenvalue weighted by atomic mass is 32.1. The third kappa shape index (κ3) is 5.37. The lowest BCUT2D eigenvalue weighted by molar-refractivity contribution is 0.302. The summed E-state index contributed by atoms with van der Waals surface area (Å²) in [5, 5.41) is 8.86. The number of methoxy groups -OCH3 is 2. The van der Waals surface area contributed by atoms with Gasteiger partial charge in [0.25, 0.3) is 0 Å². The number of thiophene rings is 1. The van der Waals surface area contributed by atoms with E-state index in [1.54, 1.807) is 32.6 Å². The van der Waals surface area contributed by atoms with Crippen LogP contribution >= 0.6 is 11.3 Å². The molecule has 0 bridgehead atoms. The largest absolute Gasteiger partial charge is 0.493 e. The van der Waals surface area contributed by atoms with E-state index in [0.717, 1.165) is 29.6 Å². The highest BCUT2D eigenvalue weighted by Crippen LogP contribution is 2.27. The van der Waals surface area contributed by atoms with Crippen molar-refractivity contribution in [1.29, 1.82) is 0 Å². The SMILES string of the molecule is CN=C(NCc1ccc(OC)c(OC)c1)NCC(c1cccs1)N(C)C. The van der Waals surface area contributed by atoms with Gasteiger partial charge in [-0.15, -0.1) is 11.3 Å². The van der Waals surface area contributed by atoms with Crippen molar-refractivity contribution in [1.82, 2.24) is 15.5 Å². The van der Waals surface area contributed by atoms with Crippen molar-refractivity contribution in [3.8, 4) is 11.5 Å². The summed E-state index contributed by atoms with van der Waals surface area (Å²) in [6.07, 6.45) is 0. The second-order valence-electron chi connectivity index (χ2n) is 5.99. The van der Waals surface area contributed by atoms with E-state index in [4.69, 9.17) is 9.47 Å². The summed E-state index contributed by atoms with van der Waals surface area (Å²) in [6.45, 7) is 1.42. The molecule has 26 heavy (non-hydrogen) atoms. The van der Waals surface area contributed by atoms with E-state index in [2.05, 4.69) is 52.1 Å². The Hall–Kier alpha value is -2.25. The van der Waals surface area contributed by atoms with Crippen LogP contribution in [0.3, 0.4) is 0 Å². The zero-order chi connectivity index (χ0) is 18.9. The number of benzene rings is 1. The maximum Gasteiger partial charge on any atom is 0.191 e. The molecule has 2 aromatic rings. The molecule has 2 rings (SSSR count). The second-order valence-corrected chi connectivity index (χ2v) is 6.97. The van der Waals surface area contributed by atoms with Gasteiger partial charge >= 0.3 is 0 Å². The number of nitrogens with one attached hydrogen (secondary N) is 2. The summed E-state index contributed by atoms with van der Waals surface area (Å²) in [4.78, 5) is 7.86. The van der Waals surface area contributed by atoms with Gasteiger partial charge in [-0.1, -0.05) is 12.1 Å². The van der Waals surface area contributed by atoms with Crippen LogP contribution in [-0.2, 0) is 6.54 Å². The Balaban J connectivity index is 1.93. The van der Waals surface area contributed by atoms with Crippen LogP contribution in [0, 0.1) is 0 Å². The molecule has 1 unspecified atom stereocenters. The molecule has 0 amide bonds. The van der Waals surface area contributed by atoms with Crippen molar-refractivity contribution in [2.45, 2.75) is 12.6 Å². The topological polar surface area (TPSA) is 58.1 Å². The Bertz CT molecular complexity index is 702. The minimum Gasteiger partial charge on any atom is -0.493 e. The Labute approximate surface area is 159 Å². The van der Waals surface area contributed by atoms with Crippen LogP contribution in [0.5, 0.6) is 11.5 Å². The zero-order valence-electron chi connectivity index (χ0n) is 16.1. The van der Waals surface area contributed by atoms with Gasteiger partial charge in [-0.25, -0.2) is 0 Å². The number of aliphatic imine (C=N–C) groups is 1. The summed E-state index contributed by atoms with van der Waals surface area (Å²) in [6, 6.07) is 10.4. The van der Waals surface area contributed by atoms with Gasteiger partial charge in [0.2, 0.25) is 0 Å². The van der Waals surface area contributed by atoms with Gasteiger partial charge in [0, 0.05) is 25.0 Å². The fraction of sp³-hybridized carbons (Fsp3) is 0.421. The second kappa shape index (κ2) is 10.0. The molecule has 0 radical (unpaired) electrons. The molecule has 0 saturated heterocycles. The molecule has 1 heterocycles. The average Bonchev–Trinajstić information content (AvgIpc) is 3.18. The molecule has 0 aliphatic rings. The Kier molecular flexibility index (Phi) is 7.74. The first kappa shape index (κ1) is 20.1. The Morgan fingerprint density at radius 2 is 1.92 bits per heavy atom. The third-order valence-electron chi connectivity index (χ3n) is 4.09. The van der Waals surface area contributed by atoms with Gasteiger partial charge in [0.15, 0.2) is 17.5 Å². The van der Waals surface area contributed by atoms with Crippen LogP contribution in [0.4, 0.5) is 0 Å². The van der Waals surface area contributed by atoms with Gasteiger partial charge < -0.3 is 25.0 Å². The molecule has 1 aromatic heterocycles. The summed E-state index contributed by atoms with van der Waals surface area (Å²) in [5.74, 6) is 2.21. The van der Waals surface area contributed by atoms with Crippen LogP contribution in [0.15, 0.2) is 40.7 Å². The molecule has 6 nitrogen and oxygen atoms in total. The first-order chi connectivity index (χ1) is 12.6. The van der Waals surface area contributed by atoms with Crippen molar-refractivity contribution in [2.24, 2.45) is 4.99 Å². The highest BCUT2D eigenvalue weighted by molar-refractivity contribution is 7.10. The lowest BCUT2D eigenvalue weighted by Gasteiger charge is -2.24. The maximum atomic E-state index is 5.35. The number of likely N-dealkylation sites (N-methyl/N-ethyl adjacent to an activating group) is 1. The van der Waals surface area contributed by atoms with Gasteiger partial charge in [-0.2, -0.15) is 0 Å². The molecule has 0 spiro atoms. The fourth-order valence-electron chi connectivity index (χ4n) is 2.61. The first-order valence-electron chi connectivity index (χ1n) is 8.44. The van der Waals surface area contributed by atoms with Crippen molar-refractivity contribution < 1.29 is 9.47 Å². The molecule has 7 heteroatoms. The predicted molar refractivity (Wildman–Crippen MR) is 108 cm³/mol. The van der Waals surface area contributed by atoms with E-state index < -0.39 is 0 Å². The number of rotatable bonds is 8. The maximum absolute atomic E-state index is 5.35. The van der Waals surface area contributed by atoms with Crippen molar-refractivity contribution in [3.05, 3.63) is 46.2 Å². The van der Waals surface area contributed by atoms with E-state index in [9.17, 15) is 0 Å². The molecule has 0 aliphatic heterocycles. The summed E-state index contributed by atoms with van der Waals surface area (Å²) in [7, 11) is 9.23. The molecule has 1 aromatic carbocycles. The van der Waals surface area contributed by atoms with Crippen LogP contribution in [0.25, 0.3) is 0 Å². The van der Waals surface area contributed by atoms with Gasteiger partial charge in [-0.05, 0) is 43.2 Å². The third-order valence-corrected chi connectivity index (χ3v) is 5.06. The van der Waals surface area contributed by atoms with Crippen molar-refractivity contribution in [2.75, 3.05) is 41.9 Å². The van der Waals surface area contributed by atoms with E-state index in [-0.39, 0.29) is 0 Å². The molecule has 2 N–H and O–H groups in total. The van der Waals surface area contributed by atoms with Gasteiger partial charge in [0.05, 0.1) is 20.3 Å². The fourth-order valence-corrected chi connectivity index (χ4v) is 3.53. The number of hydrogen-bond acceptors (Lipinski definition) is 5. The van der Waals surface area contributed by atoms with E-state index in [1.807, 2.05) is 18.2 Å². The van der Waals surface area contributed by atoms with Crippen LogP contribution in [-0.4, -0.2) is 52.8 Å². The zero-order valence-corrected chi connectivity index (χ0v) is 16.9. The number of hydrogen-bond donors (Lipinski definition) is 2. The number of guanidine groups is 1. The molecule has 0 fully saturated rings. The summed E-state index contributed by atoms with van der Waals surface area (Å²) in [5.41, 5.74) is 1.09. The molecular weight excluding hydrogens is 348 g/mol. The lowest BCUT2D eigenvalue weighted by Crippen LogP contribution is -2.41. The quantitative estimate of drug-likeness (QED) is 0.548. The predicted octanol–water partition coefficient (Wildman–Crippen LogP) is 2.73. The smallest absolute Gasteiger partial charge is 0.191 e. The number of ether oxygens (including phenoxy) is 2. The van der Waals surface area contributed by atoms with Crippen LogP contribution in [0.1, 0.15) is 16.5 Å². The monoisotopic (exact) mass is 376 g/mol. The Morgan fingerprint density at radius 3 is 2.50 bits per heavy atom. The molecule has 0 saturated carbocycles. The first-order valence-corrected chi connectivity index (χ1v) is 9.32. The normalized spacial score (nSPS) is 12.8. The highest BCUT2D eigenvalue weighted by Gasteiger charge is 2.15. The van der Waals surface area contributed by atoms with Crippen molar-refractivity contribution >= 4 is 17.3 Å². The molecule has 142 valence electrons. The van der Waals surface area contributed by atoms with Crippen LogP contribution < -0.4 is 20.1 Å². The Morgan fingerprint density at radius 1 is 1.15 bits per heavy atom.